The van der Waals surface area contributed by atoms with Crippen molar-refractivity contribution in [1.82, 2.24) is 0 Å². The lowest BCUT2D eigenvalue weighted by molar-refractivity contribution is 0.182. The SMILES string of the molecule is Cc1cc2c(c(Br)c1-c1ccccc1)C1(C)c3c(cc(C)c(-c4ccccc4)c3Br)C(C)(C)C1C2(C)C. The molecule has 0 amide bonds. The summed E-state index contributed by atoms with van der Waals surface area (Å²) < 4.78 is 2.51. The highest BCUT2D eigenvalue weighted by molar-refractivity contribution is 9.11. The van der Waals surface area contributed by atoms with Gasteiger partial charge >= 0.3 is 0 Å². The molecule has 4 aromatic rings. The van der Waals surface area contributed by atoms with E-state index in [2.05, 4.69) is 153 Å². The molecule has 0 nitrogen and oxygen atoms in total. The van der Waals surface area contributed by atoms with Gasteiger partial charge in [0.15, 0.2) is 0 Å². The van der Waals surface area contributed by atoms with Crippen LogP contribution in [0.2, 0.25) is 0 Å². The van der Waals surface area contributed by atoms with Crippen molar-refractivity contribution in [3.8, 4) is 22.3 Å². The normalized spacial score (nSPS) is 22.5. The van der Waals surface area contributed by atoms with Gasteiger partial charge in [0.25, 0.3) is 0 Å². The minimum Gasteiger partial charge on any atom is -0.0622 e. The van der Waals surface area contributed by atoms with Crippen molar-refractivity contribution in [2.24, 2.45) is 5.92 Å². The van der Waals surface area contributed by atoms with Crippen molar-refractivity contribution in [2.75, 3.05) is 0 Å². The van der Waals surface area contributed by atoms with Gasteiger partial charge in [-0.25, -0.2) is 0 Å². The van der Waals surface area contributed by atoms with Crippen molar-refractivity contribution in [3.05, 3.63) is 115 Å². The molecule has 0 saturated heterocycles. The monoisotopic (exact) mass is 612 g/mol. The maximum Gasteiger partial charge on any atom is 0.0300 e. The third-order valence-electron chi connectivity index (χ3n) is 9.50. The molecule has 0 aromatic heterocycles. The van der Waals surface area contributed by atoms with Gasteiger partial charge in [-0.1, -0.05) is 107 Å². The smallest absolute Gasteiger partial charge is 0.0300 e. The van der Waals surface area contributed by atoms with Crippen LogP contribution in [0.1, 0.15) is 68.0 Å². The van der Waals surface area contributed by atoms with Crippen LogP contribution in [0, 0.1) is 19.8 Å². The Kier molecular flexibility index (Phi) is 5.55. The summed E-state index contributed by atoms with van der Waals surface area (Å²) in [6, 6.07) is 26.7. The van der Waals surface area contributed by atoms with Gasteiger partial charge < -0.3 is 0 Å². The molecule has 2 aliphatic carbocycles. The highest BCUT2D eigenvalue weighted by atomic mass is 79.9. The number of rotatable bonds is 2. The van der Waals surface area contributed by atoms with E-state index in [1.807, 2.05) is 0 Å². The second-order valence-electron chi connectivity index (χ2n) is 12.4. The first-order valence-corrected chi connectivity index (χ1v) is 14.8. The number of aryl methyl sites for hydroxylation is 2. The zero-order valence-electron chi connectivity index (χ0n) is 22.8. The van der Waals surface area contributed by atoms with Crippen LogP contribution >= 0.6 is 31.9 Å². The Balaban J connectivity index is 1.74. The van der Waals surface area contributed by atoms with E-state index in [1.54, 1.807) is 0 Å². The molecule has 0 aliphatic heterocycles. The topological polar surface area (TPSA) is 0 Å². The lowest BCUT2D eigenvalue weighted by atomic mass is 9.61. The van der Waals surface area contributed by atoms with E-state index < -0.39 is 0 Å². The van der Waals surface area contributed by atoms with Gasteiger partial charge in [0.05, 0.1) is 0 Å². The summed E-state index contributed by atoms with van der Waals surface area (Å²) >= 11 is 8.44. The van der Waals surface area contributed by atoms with E-state index in [0.29, 0.717) is 5.92 Å². The maximum absolute atomic E-state index is 4.22. The Morgan fingerprint density at radius 3 is 1.27 bits per heavy atom. The van der Waals surface area contributed by atoms with Crippen molar-refractivity contribution in [3.63, 3.8) is 0 Å². The van der Waals surface area contributed by atoms with Crippen molar-refractivity contribution < 1.29 is 0 Å². The molecular formula is C35H34Br2. The molecule has 0 bridgehead atoms. The molecule has 2 heteroatoms. The quantitative estimate of drug-likeness (QED) is 0.211. The van der Waals surface area contributed by atoms with Crippen LogP contribution in [-0.4, -0.2) is 0 Å². The minimum absolute atomic E-state index is 0.00928. The van der Waals surface area contributed by atoms with E-state index in [1.165, 1.54) is 64.6 Å². The second kappa shape index (κ2) is 8.17. The summed E-state index contributed by atoms with van der Waals surface area (Å²) in [6.45, 7) is 17.0. The fraction of sp³-hybridized carbons (Fsp3) is 0.314. The standard InChI is InChI=1S/C35H34Br2/c1-20-18-24-28(30(36)26(20)22-14-10-8-11-15-22)35(7)29-25(34(5,6)32(35)33(24,3)4)19-21(2)27(31(29)37)23-16-12-9-13-17-23/h8-19,32H,1-7H3. The van der Waals surface area contributed by atoms with Gasteiger partial charge in [0, 0.05) is 14.4 Å². The van der Waals surface area contributed by atoms with Crippen molar-refractivity contribution in [1.29, 1.82) is 0 Å². The first-order valence-electron chi connectivity index (χ1n) is 13.2. The van der Waals surface area contributed by atoms with E-state index in [9.17, 15) is 0 Å². The number of halogens is 2. The Morgan fingerprint density at radius 1 is 0.568 bits per heavy atom. The summed E-state index contributed by atoms with van der Waals surface area (Å²) in [7, 11) is 0. The molecule has 0 N–H and O–H groups in total. The highest BCUT2D eigenvalue weighted by Crippen LogP contribution is 2.71. The molecule has 0 saturated carbocycles. The fourth-order valence-electron chi connectivity index (χ4n) is 8.57. The zero-order chi connectivity index (χ0) is 26.5. The molecule has 0 unspecified atom stereocenters. The van der Waals surface area contributed by atoms with Crippen LogP contribution in [0.4, 0.5) is 0 Å². The first-order chi connectivity index (χ1) is 17.4. The van der Waals surface area contributed by atoms with Gasteiger partial charge in [-0.2, -0.15) is 0 Å². The predicted molar refractivity (Wildman–Crippen MR) is 165 cm³/mol. The van der Waals surface area contributed by atoms with E-state index in [4.69, 9.17) is 0 Å². The Morgan fingerprint density at radius 2 is 0.919 bits per heavy atom. The molecule has 37 heavy (non-hydrogen) atoms. The fourth-order valence-corrected chi connectivity index (χ4v) is 10.9. The van der Waals surface area contributed by atoms with E-state index >= 15 is 0 Å². The van der Waals surface area contributed by atoms with Crippen LogP contribution in [0.5, 0.6) is 0 Å². The average molecular weight is 614 g/mol. The summed E-state index contributed by atoms with van der Waals surface area (Å²) in [5.41, 5.74) is 13.6. The van der Waals surface area contributed by atoms with Gasteiger partial charge in [0.1, 0.15) is 0 Å². The summed E-state index contributed by atoms with van der Waals surface area (Å²) in [6.07, 6.45) is 0. The molecule has 2 aliphatic rings. The molecule has 0 radical (unpaired) electrons. The number of hydrogen-bond acceptors (Lipinski definition) is 0. The number of fused-ring (bicyclic) bond motifs is 5. The highest BCUT2D eigenvalue weighted by Gasteiger charge is 2.66. The third kappa shape index (κ3) is 3.18. The van der Waals surface area contributed by atoms with Crippen molar-refractivity contribution >= 4 is 31.9 Å². The average Bonchev–Trinajstić information content (AvgIpc) is 3.14. The maximum atomic E-state index is 4.22. The lowest BCUT2D eigenvalue weighted by Gasteiger charge is -2.41. The molecule has 0 fully saturated rings. The number of benzene rings is 4. The molecule has 4 aromatic carbocycles. The molecule has 188 valence electrons. The molecule has 0 spiro atoms. The van der Waals surface area contributed by atoms with Crippen LogP contribution in [-0.2, 0) is 16.2 Å². The first kappa shape index (κ1) is 25.1. The molecule has 0 heterocycles. The minimum atomic E-state index is -0.149. The predicted octanol–water partition coefficient (Wildman–Crippen LogP) is 10.7. The van der Waals surface area contributed by atoms with Crippen molar-refractivity contribution in [2.45, 2.75) is 64.7 Å². The van der Waals surface area contributed by atoms with Gasteiger partial charge in [-0.15, -0.1) is 0 Å². The molecule has 6 rings (SSSR count). The zero-order valence-corrected chi connectivity index (χ0v) is 25.9. The van der Waals surface area contributed by atoms with E-state index in [0.717, 1.165) is 0 Å². The van der Waals surface area contributed by atoms with Gasteiger partial charge in [-0.3, -0.25) is 0 Å². The van der Waals surface area contributed by atoms with Crippen LogP contribution in [0.3, 0.4) is 0 Å². The van der Waals surface area contributed by atoms with E-state index in [-0.39, 0.29) is 16.2 Å². The number of hydrogen-bond donors (Lipinski definition) is 0. The van der Waals surface area contributed by atoms with Crippen LogP contribution < -0.4 is 0 Å². The Labute approximate surface area is 238 Å². The summed E-state index contributed by atoms with van der Waals surface area (Å²) in [5, 5.41) is 0. The Hall–Kier alpha value is -2.16. The largest absolute Gasteiger partial charge is 0.0622 e. The third-order valence-corrected chi connectivity index (χ3v) is 11.1. The van der Waals surface area contributed by atoms with Gasteiger partial charge in [0.2, 0.25) is 0 Å². The second-order valence-corrected chi connectivity index (χ2v) is 14.0. The molecular weight excluding hydrogens is 580 g/mol. The lowest BCUT2D eigenvalue weighted by Crippen LogP contribution is -2.42. The van der Waals surface area contributed by atoms with Crippen LogP contribution in [0.25, 0.3) is 22.3 Å². The van der Waals surface area contributed by atoms with Gasteiger partial charge in [-0.05, 0) is 118 Å². The van der Waals surface area contributed by atoms with Crippen LogP contribution in [0.15, 0.2) is 81.7 Å². The Bertz CT molecular complexity index is 1440. The summed E-state index contributed by atoms with van der Waals surface area (Å²) in [4.78, 5) is 0. The summed E-state index contributed by atoms with van der Waals surface area (Å²) in [5.74, 6) is 0.418. The molecule has 0 atom stereocenters.